The summed E-state index contributed by atoms with van der Waals surface area (Å²) >= 11 is 0. The van der Waals surface area contributed by atoms with Crippen molar-refractivity contribution in [3.63, 3.8) is 0 Å². The number of aryl methyl sites for hydroxylation is 2. The topological polar surface area (TPSA) is 82.4 Å². The number of anilines is 1. The molecule has 0 aliphatic heterocycles. The van der Waals surface area contributed by atoms with E-state index in [0.717, 1.165) is 0 Å². The molecule has 2 aromatic carbocycles. The van der Waals surface area contributed by atoms with Gasteiger partial charge in [-0.3, -0.25) is 14.3 Å². The number of ether oxygens (including phenoxy) is 2. The molecule has 0 bridgehead atoms. The van der Waals surface area contributed by atoms with Crippen molar-refractivity contribution in [2.75, 3.05) is 12.4 Å². The molecule has 0 aliphatic rings. The Morgan fingerprint density at radius 1 is 1.00 bits per heavy atom. The lowest BCUT2D eigenvalue weighted by Gasteiger charge is -2.10. The predicted octanol–water partition coefficient (Wildman–Crippen LogP) is 3.66. The minimum atomic E-state index is -0.711. The number of nitrogens with one attached hydrogen (secondary N) is 1. The molecular formula is C21H21N3O4. The van der Waals surface area contributed by atoms with Crippen LogP contribution < -0.4 is 14.8 Å². The van der Waals surface area contributed by atoms with Gasteiger partial charge in [-0.2, -0.15) is 5.10 Å². The van der Waals surface area contributed by atoms with Crippen molar-refractivity contribution < 1.29 is 19.1 Å². The zero-order valence-electron chi connectivity index (χ0n) is 16.1. The van der Waals surface area contributed by atoms with Crippen molar-refractivity contribution in [2.45, 2.75) is 13.8 Å². The molecule has 3 aromatic rings. The molecule has 0 spiro atoms. The fourth-order valence-corrected chi connectivity index (χ4v) is 2.84. The number of rotatable bonds is 6. The number of para-hydroxylation sites is 2. The third-order valence-corrected chi connectivity index (χ3v) is 4.35. The molecule has 0 atom stereocenters. The second-order valence-electron chi connectivity index (χ2n) is 6.23. The lowest BCUT2D eigenvalue weighted by Crippen LogP contribution is -2.24. The Bertz CT molecular complexity index is 1020. The summed E-state index contributed by atoms with van der Waals surface area (Å²) in [6, 6.07) is 14.0. The van der Waals surface area contributed by atoms with E-state index < -0.39 is 11.7 Å². The van der Waals surface area contributed by atoms with Crippen LogP contribution in [0.1, 0.15) is 21.7 Å². The summed E-state index contributed by atoms with van der Waals surface area (Å²) in [5, 5.41) is 6.79. The van der Waals surface area contributed by atoms with Gasteiger partial charge in [0, 0.05) is 18.4 Å². The van der Waals surface area contributed by atoms with Gasteiger partial charge in [0.25, 0.3) is 11.7 Å². The molecule has 7 nitrogen and oxygen atoms in total. The number of benzene rings is 2. The molecule has 0 radical (unpaired) electrons. The van der Waals surface area contributed by atoms with E-state index >= 15 is 0 Å². The molecule has 1 heterocycles. The summed E-state index contributed by atoms with van der Waals surface area (Å²) in [6.45, 7) is 3.46. The van der Waals surface area contributed by atoms with Gasteiger partial charge in [0.2, 0.25) is 0 Å². The third kappa shape index (κ3) is 3.88. The molecule has 1 N–H and O–H groups in total. The lowest BCUT2D eigenvalue weighted by atomic mass is 10.1. The van der Waals surface area contributed by atoms with Crippen LogP contribution in [-0.4, -0.2) is 28.6 Å². The van der Waals surface area contributed by atoms with Crippen molar-refractivity contribution in [2.24, 2.45) is 7.05 Å². The molecule has 3 rings (SSSR count). The molecule has 144 valence electrons. The zero-order valence-corrected chi connectivity index (χ0v) is 16.1. The lowest BCUT2D eigenvalue weighted by molar-refractivity contribution is -0.112. The second-order valence-corrected chi connectivity index (χ2v) is 6.23. The molecule has 0 aliphatic carbocycles. The van der Waals surface area contributed by atoms with E-state index in [1.807, 2.05) is 12.1 Å². The van der Waals surface area contributed by atoms with Gasteiger partial charge >= 0.3 is 0 Å². The Balaban J connectivity index is 1.70. The van der Waals surface area contributed by atoms with Crippen LogP contribution in [0.3, 0.4) is 0 Å². The molecule has 7 heteroatoms. The summed E-state index contributed by atoms with van der Waals surface area (Å²) < 4.78 is 12.6. The number of carbonyl (C=O) groups is 2. The number of amides is 1. The number of Topliss-reactive ketones (excluding diaryl/α,β-unsaturated/α-hetero) is 1. The summed E-state index contributed by atoms with van der Waals surface area (Å²) in [5.41, 5.74) is 2.00. The van der Waals surface area contributed by atoms with E-state index in [2.05, 4.69) is 10.4 Å². The van der Waals surface area contributed by atoms with E-state index in [0.29, 0.717) is 39.9 Å². The Kier molecular flexibility index (Phi) is 5.44. The Morgan fingerprint density at radius 3 is 2.21 bits per heavy atom. The highest BCUT2D eigenvalue weighted by atomic mass is 16.5. The summed E-state index contributed by atoms with van der Waals surface area (Å²) in [6.07, 6.45) is 0. The standard InChI is InChI=1S/C21H21N3O4/c1-13-19(14(2)24(3)23-13)20(25)21(26)22-15-9-11-16(12-10-15)28-18-8-6-5-7-17(18)27-4/h5-12H,1-4H3,(H,22,26). The Hall–Kier alpha value is -3.61. The molecule has 28 heavy (non-hydrogen) atoms. The van der Waals surface area contributed by atoms with Crippen LogP contribution in [0, 0.1) is 13.8 Å². The molecule has 0 saturated carbocycles. The van der Waals surface area contributed by atoms with Crippen LogP contribution in [0.2, 0.25) is 0 Å². The fraction of sp³-hybridized carbons (Fsp3) is 0.190. The maximum Gasteiger partial charge on any atom is 0.296 e. The number of carbonyl (C=O) groups excluding carboxylic acids is 2. The quantitative estimate of drug-likeness (QED) is 0.522. The average molecular weight is 379 g/mol. The molecule has 1 aromatic heterocycles. The smallest absolute Gasteiger partial charge is 0.296 e. The van der Waals surface area contributed by atoms with E-state index in [1.54, 1.807) is 69.1 Å². The predicted molar refractivity (Wildman–Crippen MR) is 105 cm³/mol. The first kappa shape index (κ1) is 19.2. The van der Waals surface area contributed by atoms with Crippen molar-refractivity contribution in [3.8, 4) is 17.2 Å². The van der Waals surface area contributed by atoms with E-state index in [1.165, 1.54) is 0 Å². The van der Waals surface area contributed by atoms with Crippen LogP contribution in [-0.2, 0) is 11.8 Å². The average Bonchev–Trinajstić information content (AvgIpc) is 2.94. The van der Waals surface area contributed by atoms with Gasteiger partial charge in [0.05, 0.1) is 18.4 Å². The number of methoxy groups -OCH3 is 1. The molecule has 0 saturated heterocycles. The van der Waals surface area contributed by atoms with Crippen molar-refractivity contribution >= 4 is 17.4 Å². The van der Waals surface area contributed by atoms with Crippen LogP contribution in [0.25, 0.3) is 0 Å². The number of hydrogen-bond donors (Lipinski definition) is 1. The van der Waals surface area contributed by atoms with Crippen molar-refractivity contribution in [1.29, 1.82) is 0 Å². The second kappa shape index (κ2) is 7.96. The first-order valence-electron chi connectivity index (χ1n) is 8.67. The normalized spacial score (nSPS) is 10.4. The van der Waals surface area contributed by atoms with Gasteiger partial charge in [-0.25, -0.2) is 0 Å². The molecule has 0 fully saturated rings. The minimum Gasteiger partial charge on any atom is -0.493 e. The summed E-state index contributed by atoms with van der Waals surface area (Å²) in [4.78, 5) is 24.8. The largest absolute Gasteiger partial charge is 0.493 e. The highest BCUT2D eigenvalue weighted by Gasteiger charge is 2.23. The Morgan fingerprint density at radius 2 is 1.64 bits per heavy atom. The first-order valence-corrected chi connectivity index (χ1v) is 8.67. The highest BCUT2D eigenvalue weighted by Crippen LogP contribution is 2.31. The van der Waals surface area contributed by atoms with E-state index in [9.17, 15) is 9.59 Å². The van der Waals surface area contributed by atoms with Gasteiger partial charge < -0.3 is 14.8 Å². The van der Waals surface area contributed by atoms with Crippen molar-refractivity contribution in [3.05, 3.63) is 65.5 Å². The third-order valence-electron chi connectivity index (χ3n) is 4.35. The zero-order chi connectivity index (χ0) is 20.3. The monoisotopic (exact) mass is 379 g/mol. The van der Waals surface area contributed by atoms with E-state index in [-0.39, 0.29) is 0 Å². The molecule has 0 unspecified atom stereocenters. The number of ketones is 1. The van der Waals surface area contributed by atoms with Gasteiger partial charge in [-0.1, -0.05) is 12.1 Å². The van der Waals surface area contributed by atoms with Gasteiger partial charge in [-0.15, -0.1) is 0 Å². The first-order chi connectivity index (χ1) is 13.4. The maximum absolute atomic E-state index is 12.5. The fourth-order valence-electron chi connectivity index (χ4n) is 2.84. The van der Waals surface area contributed by atoms with Gasteiger partial charge in [-0.05, 0) is 50.2 Å². The van der Waals surface area contributed by atoms with Crippen LogP contribution in [0.4, 0.5) is 5.69 Å². The van der Waals surface area contributed by atoms with Crippen LogP contribution >= 0.6 is 0 Å². The SMILES string of the molecule is COc1ccccc1Oc1ccc(NC(=O)C(=O)c2c(C)nn(C)c2C)cc1. The van der Waals surface area contributed by atoms with Gasteiger partial charge in [0.1, 0.15) is 5.75 Å². The maximum atomic E-state index is 12.5. The summed E-state index contributed by atoms with van der Waals surface area (Å²) in [5.74, 6) is 0.454. The number of hydrogen-bond acceptors (Lipinski definition) is 5. The van der Waals surface area contributed by atoms with Crippen molar-refractivity contribution in [1.82, 2.24) is 9.78 Å². The number of aromatic nitrogens is 2. The summed E-state index contributed by atoms with van der Waals surface area (Å²) in [7, 11) is 3.31. The highest BCUT2D eigenvalue weighted by molar-refractivity contribution is 6.47. The molecule has 1 amide bonds. The Labute approximate surface area is 162 Å². The van der Waals surface area contributed by atoms with Crippen LogP contribution in [0.15, 0.2) is 48.5 Å². The molecular weight excluding hydrogens is 358 g/mol. The van der Waals surface area contributed by atoms with Gasteiger partial charge in [0.15, 0.2) is 11.5 Å². The van der Waals surface area contributed by atoms with E-state index in [4.69, 9.17) is 9.47 Å². The minimum absolute atomic E-state index is 0.330. The number of nitrogens with zero attached hydrogens (tertiary/aromatic N) is 2. The van der Waals surface area contributed by atoms with Crippen LogP contribution in [0.5, 0.6) is 17.2 Å².